The van der Waals surface area contributed by atoms with Crippen molar-refractivity contribution in [2.24, 2.45) is 5.73 Å². The van der Waals surface area contributed by atoms with E-state index in [1.807, 2.05) is 6.20 Å². The zero-order valence-corrected chi connectivity index (χ0v) is 11.8. The number of nitrogens with zero attached hydrogens (tertiary/aromatic N) is 3. The van der Waals surface area contributed by atoms with Crippen molar-refractivity contribution < 1.29 is 0 Å². The smallest absolute Gasteiger partial charge is 0.0572 e. The van der Waals surface area contributed by atoms with Crippen molar-refractivity contribution in [1.29, 1.82) is 0 Å². The minimum Gasteiger partial charge on any atom is -0.367 e. The molecule has 0 spiro atoms. The van der Waals surface area contributed by atoms with Gasteiger partial charge in [-0.2, -0.15) is 0 Å². The van der Waals surface area contributed by atoms with E-state index in [1.54, 1.807) is 0 Å². The Bertz CT molecular complexity index is 417. The highest BCUT2D eigenvalue weighted by atomic mass is 15.3. The van der Waals surface area contributed by atoms with E-state index in [-0.39, 0.29) is 6.04 Å². The van der Waals surface area contributed by atoms with Crippen molar-refractivity contribution in [2.75, 3.05) is 31.1 Å². The quantitative estimate of drug-likeness (QED) is 0.900. The van der Waals surface area contributed by atoms with Gasteiger partial charge in [-0.05, 0) is 37.9 Å². The summed E-state index contributed by atoms with van der Waals surface area (Å²) in [5.74, 6) is 0. The van der Waals surface area contributed by atoms with Crippen LogP contribution in [0.25, 0.3) is 0 Å². The molecule has 4 heteroatoms. The van der Waals surface area contributed by atoms with E-state index in [1.165, 1.54) is 31.6 Å². The number of hydrogen-bond acceptors (Lipinski definition) is 4. The maximum atomic E-state index is 6.01. The first-order valence-corrected chi connectivity index (χ1v) is 7.48. The number of nitrogens with two attached hydrogens (primary N) is 1. The van der Waals surface area contributed by atoms with Crippen LogP contribution < -0.4 is 10.6 Å². The summed E-state index contributed by atoms with van der Waals surface area (Å²) in [7, 11) is 0. The number of fused-ring (bicyclic) bond motifs is 1. The Labute approximate surface area is 115 Å². The summed E-state index contributed by atoms with van der Waals surface area (Å²) >= 11 is 0. The average molecular weight is 260 g/mol. The van der Waals surface area contributed by atoms with E-state index in [2.05, 4.69) is 33.8 Å². The SMILES string of the molecule is CC[C@H](N)c1ccc(N2CCN3CCCC3C2)cn1. The Morgan fingerprint density at radius 2 is 2.26 bits per heavy atom. The number of piperazine rings is 1. The average Bonchev–Trinajstić information content (AvgIpc) is 2.94. The molecule has 1 unspecified atom stereocenters. The second kappa shape index (κ2) is 5.47. The van der Waals surface area contributed by atoms with Gasteiger partial charge in [-0.3, -0.25) is 9.88 Å². The standard InChI is InChI=1S/C15H24N4/c1-2-14(16)15-6-5-12(10-17-15)19-9-8-18-7-3-4-13(18)11-19/h5-6,10,13-14H,2-4,7-9,11,16H2,1H3/t13?,14-/m0/s1. The Balaban J connectivity index is 1.69. The minimum atomic E-state index is 0.0701. The molecule has 3 rings (SSSR count). The van der Waals surface area contributed by atoms with Gasteiger partial charge in [0.25, 0.3) is 0 Å². The molecule has 0 aromatic carbocycles. The molecule has 0 saturated carbocycles. The zero-order chi connectivity index (χ0) is 13.2. The molecule has 1 aromatic rings. The molecule has 2 N–H and O–H groups in total. The zero-order valence-electron chi connectivity index (χ0n) is 11.8. The fourth-order valence-corrected chi connectivity index (χ4v) is 3.24. The van der Waals surface area contributed by atoms with Gasteiger partial charge in [-0.1, -0.05) is 6.92 Å². The lowest BCUT2D eigenvalue weighted by atomic mass is 10.1. The molecule has 3 heterocycles. The lowest BCUT2D eigenvalue weighted by Crippen LogP contribution is -2.50. The minimum absolute atomic E-state index is 0.0701. The fourth-order valence-electron chi connectivity index (χ4n) is 3.24. The molecule has 19 heavy (non-hydrogen) atoms. The lowest BCUT2D eigenvalue weighted by Gasteiger charge is -2.38. The van der Waals surface area contributed by atoms with Gasteiger partial charge >= 0.3 is 0 Å². The fraction of sp³-hybridized carbons (Fsp3) is 0.667. The summed E-state index contributed by atoms with van der Waals surface area (Å²) in [6.45, 7) is 6.86. The molecule has 0 aliphatic carbocycles. The van der Waals surface area contributed by atoms with E-state index >= 15 is 0 Å². The number of rotatable bonds is 3. The summed E-state index contributed by atoms with van der Waals surface area (Å²) in [4.78, 5) is 9.63. The molecule has 0 amide bonds. The van der Waals surface area contributed by atoms with E-state index in [4.69, 9.17) is 5.73 Å². The van der Waals surface area contributed by atoms with Crippen LogP contribution in [0.2, 0.25) is 0 Å². The third-order valence-corrected chi connectivity index (χ3v) is 4.54. The maximum Gasteiger partial charge on any atom is 0.0572 e. The summed E-state index contributed by atoms with van der Waals surface area (Å²) in [5.41, 5.74) is 8.26. The predicted octanol–water partition coefficient (Wildman–Crippen LogP) is 1.78. The molecule has 2 atom stereocenters. The third-order valence-electron chi connectivity index (χ3n) is 4.54. The number of hydrogen-bond donors (Lipinski definition) is 1. The van der Waals surface area contributed by atoms with Crippen LogP contribution in [0, 0.1) is 0 Å². The highest BCUT2D eigenvalue weighted by Crippen LogP contribution is 2.25. The van der Waals surface area contributed by atoms with E-state index in [9.17, 15) is 0 Å². The highest BCUT2D eigenvalue weighted by Gasteiger charge is 2.30. The van der Waals surface area contributed by atoms with Gasteiger partial charge in [-0.15, -0.1) is 0 Å². The van der Waals surface area contributed by atoms with Gasteiger partial charge in [0.1, 0.15) is 0 Å². The van der Waals surface area contributed by atoms with Gasteiger partial charge < -0.3 is 10.6 Å². The van der Waals surface area contributed by atoms with Crippen LogP contribution in [0.3, 0.4) is 0 Å². The molecule has 0 bridgehead atoms. The van der Waals surface area contributed by atoms with Crippen molar-refractivity contribution in [2.45, 2.75) is 38.3 Å². The molecule has 1 aromatic heterocycles. The van der Waals surface area contributed by atoms with Crippen LogP contribution in [0.4, 0.5) is 5.69 Å². The van der Waals surface area contributed by atoms with Gasteiger partial charge in [0.2, 0.25) is 0 Å². The predicted molar refractivity (Wildman–Crippen MR) is 78.3 cm³/mol. The maximum absolute atomic E-state index is 6.01. The number of pyridine rings is 1. The van der Waals surface area contributed by atoms with Crippen LogP contribution in [0.5, 0.6) is 0 Å². The van der Waals surface area contributed by atoms with Gasteiger partial charge in [0.15, 0.2) is 0 Å². The molecule has 4 nitrogen and oxygen atoms in total. The second-order valence-electron chi connectivity index (χ2n) is 5.73. The van der Waals surface area contributed by atoms with E-state index in [0.717, 1.165) is 31.2 Å². The Hall–Kier alpha value is -1.13. The third kappa shape index (κ3) is 2.60. The van der Waals surface area contributed by atoms with Crippen LogP contribution >= 0.6 is 0 Å². The monoisotopic (exact) mass is 260 g/mol. The molecule has 2 aliphatic heterocycles. The molecule has 104 valence electrons. The molecule has 2 aliphatic rings. The van der Waals surface area contributed by atoms with Crippen molar-refractivity contribution in [3.05, 3.63) is 24.0 Å². The van der Waals surface area contributed by atoms with Crippen molar-refractivity contribution >= 4 is 5.69 Å². The lowest BCUT2D eigenvalue weighted by molar-refractivity contribution is 0.231. The summed E-state index contributed by atoms with van der Waals surface area (Å²) in [5, 5.41) is 0. The summed E-state index contributed by atoms with van der Waals surface area (Å²) < 4.78 is 0. The van der Waals surface area contributed by atoms with Crippen molar-refractivity contribution in [1.82, 2.24) is 9.88 Å². The summed E-state index contributed by atoms with van der Waals surface area (Å²) in [6, 6.07) is 5.10. The van der Waals surface area contributed by atoms with Crippen LogP contribution in [0.1, 0.15) is 37.9 Å². The topological polar surface area (TPSA) is 45.4 Å². The molecule has 2 saturated heterocycles. The van der Waals surface area contributed by atoms with Gasteiger partial charge in [-0.25, -0.2) is 0 Å². The number of aromatic nitrogens is 1. The van der Waals surface area contributed by atoms with Crippen LogP contribution in [-0.4, -0.2) is 42.1 Å². The van der Waals surface area contributed by atoms with Gasteiger partial charge in [0, 0.05) is 31.7 Å². The number of anilines is 1. The Kier molecular flexibility index (Phi) is 3.71. The largest absolute Gasteiger partial charge is 0.367 e. The Morgan fingerprint density at radius 1 is 1.37 bits per heavy atom. The second-order valence-corrected chi connectivity index (χ2v) is 5.73. The molecule has 0 radical (unpaired) electrons. The molecular formula is C15H24N4. The highest BCUT2D eigenvalue weighted by molar-refractivity contribution is 5.45. The first-order valence-electron chi connectivity index (χ1n) is 7.48. The van der Waals surface area contributed by atoms with Gasteiger partial charge in [0.05, 0.1) is 17.6 Å². The van der Waals surface area contributed by atoms with Crippen molar-refractivity contribution in [3.8, 4) is 0 Å². The normalized spacial score (nSPS) is 25.4. The summed E-state index contributed by atoms with van der Waals surface area (Å²) in [6.07, 6.45) is 5.65. The van der Waals surface area contributed by atoms with Crippen LogP contribution in [0.15, 0.2) is 18.3 Å². The first kappa shape index (κ1) is 12.9. The molecular weight excluding hydrogens is 236 g/mol. The van der Waals surface area contributed by atoms with E-state index in [0.29, 0.717) is 0 Å². The van der Waals surface area contributed by atoms with Crippen molar-refractivity contribution in [3.63, 3.8) is 0 Å². The Morgan fingerprint density at radius 3 is 3.00 bits per heavy atom. The first-order chi connectivity index (χ1) is 9.28. The van der Waals surface area contributed by atoms with E-state index < -0.39 is 0 Å². The van der Waals surface area contributed by atoms with Crippen LogP contribution in [-0.2, 0) is 0 Å². The molecule has 2 fully saturated rings.